The smallest absolute Gasteiger partial charge is 0.255 e. The highest BCUT2D eigenvalue weighted by Crippen LogP contribution is 2.32. The van der Waals surface area contributed by atoms with Gasteiger partial charge in [-0.05, 0) is 66.9 Å². The monoisotopic (exact) mass is 478 g/mol. The molecule has 180 valence electrons. The van der Waals surface area contributed by atoms with Crippen LogP contribution in [0.1, 0.15) is 28.8 Å². The van der Waals surface area contributed by atoms with E-state index < -0.39 is 11.6 Å². The van der Waals surface area contributed by atoms with Gasteiger partial charge in [0.1, 0.15) is 11.6 Å². The second-order valence-corrected chi connectivity index (χ2v) is 8.27. The van der Waals surface area contributed by atoms with Crippen molar-refractivity contribution in [3.63, 3.8) is 0 Å². The first-order chi connectivity index (χ1) is 17.1. The van der Waals surface area contributed by atoms with Crippen molar-refractivity contribution in [2.45, 2.75) is 19.4 Å². The Morgan fingerprint density at radius 1 is 0.943 bits per heavy atom. The minimum absolute atomic E-state index is 0.138. The van der Waals surface area contributed by atoms with E-state index in [9.17, 15) is 13.6 Å². The fourth-order valence-corrected chi connectivity index (χ4v) is 4.07. The topological polar surface area (TPSA) is 68.1 Å². The summed E-state index contributed by atoms with van der Waals surface area (Å²) >= 11 is 0. The number of aromatic nitrogens is 2. The Labute approximate surface area is 200 Å². The van der Waals surface area contributed by atoms with Gasteiger partial charge >= 0.3 is 0 Å². The first kappa shape index (κ1) is 22.6. The van der Waals surface area contributed by atoms with E-state index in [0.29, 0.717) is 17.9 Å². The van der Waals surface area contributed by atoms with Crippen molar-refractivity contribution in [1.29, 1.82) is 0 Å². The first-order valence-electron chi connectivity index (χ1n) is 11.4. The zero-order valence-electron chi connectivity index (χ0n) is 18.9. The number of amides is 1. The van der Waals surface area contributed by atoms with E-state index in [4.69, 9.17) is 9.47 Å². The summed E-state index contributed by atoms with van der Waals surface area (Å²) in [6.45, 7) is 2.79. The summed E-state index contributed by atoms with van der Waals surface area (Å²) in [5.41, 5.74) is 3.51. The third-order valence-corrected chi connectivity index (χ3v) is 5.91. The summed E-state index contributed by atoms with van der Waals surface area (Å²) in [5, 5.41) is 7.28. The molecule has 1 fully saturated rings. The van der Waals surface area contributed by atoms with Gasteiger partial charge in [-0.1, -0.05) is 6.07 Å². The van der Waals surface area contributed by atoms with Crippen molar-refractivity contribution in [3.05, 3.63) is 89.8 Å². The summed E-state index contributed by atoms with van der Waals surface area (Å²) < 4.78 is 36.3. The fraction of sp³-hybridized carbons (Fsp3) is 0.231. The summed E-state index contributed by atoms with van der Waals surface area (Å²) in [6, 6.07) is 14.1. The summed E-state index contributed by atoms with van der Waals surface area (Å²) in [4.78, 5) is 15.1. The second kappa shape index (κ2) is 10.0. The van der Waals surface area contributed by atoms with Crippen LogP contribution in [0.15, 0.2) is 67.0 Å². The van der Waals surface area contributed by atoms with Gasteiger partial charge in [-0.2, -0.15) is 5.10 Å². The Morgan fingerprint density at radius 3 is 2.40 bits per heavy atom. The number of benzene rings is 2. The summed E-state index contributed by atoms with van der Waals surface area (Å²) in [7, 11) is 0. The lowest BCUT2D eigenvalue weighted by Crippen LogP contribution is -2.22. The highest BCUT2D eigenvalue weighted by Gasteiger charge is 2.18. The molecule has 9 heteroatoms. The van der Waals surface area contributed by atoms with Gasteiger partial charge in [0.2, 0.25) is 6.79 Å². The number of ether oxygens (including phenoxy) is 2. The van der Waals surface area contributed by atoms with Gasteiger partial charge < -0.3 is 19.7 Å². The number of carbonyl (C=O) groups is 1. The molecule has 7 nitrogen and oxygen atoms in total. The molecular formula is C26H24F2N4O3. The van der Waals surface area contributed by atoms with Gasteiger partial charge in [-0.3, -0.25) is 4.79 Å². The lowest BCUT2D eigenvalue weighted by molar-refractivity contribution is 0.0952. The largest absolute Gasteiger partial charge is 0.454 e. The van der Waals surface area contributed by atoms with E-state index in [1.165, 1.54) is 12.8 Å². The molecule has 35 heavy (non-hydrogen) atoms. The number of hydrogen-bond donors (Lipinski definition) is 1. The van der Waals surface area contributed by atoms with Crippen LogP contribution in [0.3, 0.4) is 0 Å². The second-order valence-electron chi connectivity index (χ2n) is 8.27. The van der Waals surface area contributed by atoms with Crippen LogP contribution in [0, 0.1) is 11.6 Å². The molecule has 0 atom stereocenters. The number of anilines is 1. The van der Waals surface area contributed by atoms with Crippen LogP contribution < -0.4 is 19.7 Å². The molecule has 2 aliphatic rings. The number of nitrogens with zero attached hydrogens (tertiary/aromatic N) is 3. The predicted octanol–water partition coefficient (Wildman–Crippen LogP) is 4.56. The molecule has 0 saturated carbocycles. The SMILES string of the molecule is Fc1ccc(F)cc1.O=C(NCc1ccc2c(c1)OCO2)c1cnn2ccc(N3CCCC3)cc12. The number of fused-ring (bicyclic) bond motifs is 2. The molecule has 0 spiro atoms. The fourth-order valence-electron chi connectivity index (χ4n) is 4.07. The Balaban J connectivity index is 0.000000271. The molecule has 2 aromatic heterocycles. The lowest BCUT2D eigenvalue weighted by Gasteiger charge is -2.17. The van der Waals surface area contributed by atoms with Crippen molar-refractivity contribution in [2.75, 3.05) is 24.8 Å². The molecule has 0 unspecified atom stereocenters. The van der Waals surface area contributed by atoms with Crippen LogP contribution in [-0.2, 0) is 6.54 Å². The first-order valence-corrected chi connectivity index (χ1v) is 11.4. The Morgan fingerprint density at radius 2 is 1.66 bits per heavy atom. The van der Waals surface area contributed by atoms with Crippen LogP contribution >= 0.6 is 0 Å². The minimum atomic E-state index is -0.411. The minimum Gasteiger partial charge on any atom is -0.454 e. The molecule has 2 aromatic carbocycles. The molecule has 0 radical (unpaired) electrons. The molecule has 4 aromatic rings. The van der Waals surface area contributed by atoms with Crippen LogP contribution in [0.5, 0.6) is 11.5 Å². The highest BCUT2D eigenvalue weighted by atomic mass is 19.1. The molecule has 0 aliphatic carbocycles. The van der Waals surface area contributed by atoms with Crippen LogP contribution in [-0.4, -0.2) is 35.4 Å². The maximum Gasteiger partial charge on any atom is 0.255 e. The molecule has 2 aliphatic heterocycles. The van der Waals surface area contributed by atoms with E-state index in [1.807, 2.05) is 30.5 Å². The molecule has 4 heterocycles. The van der Waals surface area contributed by atoms with Gasteiger partial charge in [0, 0.05) is 31.5 Å². The van der Waals surface area contributed by atoms with Gasteiger partial charge in [0.15, 0.2) is 11.5 Å². The zero-order valence-corrected chi connectivity index (χ0v) is 18.9. The number of nitrogens with one attached hydrogen (secondary N) is 1. The van der Waals surface area contributed by atoms with Crippen LogP contribution in [0.2, 0.25) is 0 Å². The zero-order chi connectivity index (χ0) is 24.2. The number of hydrogen-bond acceptors (Lipinski definition) is 5. The highest BCUT2D eigenvalue weighted by molar-refractivity contribution is 6.01. The number of pyridine rings is 1. The maximum absolute atomic E-state index is 12.7. The number of halogens is 2. The number of rotatable bonds is 4. The van der Waals surface area contributed by atoms with Crippen molar-refractivity contribution in [3.8, 4) is 11.5 Å². The van der Waals surface area contributed by atoms with Crippen molar-refractivity contribution in [1.82, 2.24) is 14.9 Å². The van der Waals surface area contributed by atoms with E-state index in [1.54, 1.807) is 10.7 Å². The summed E-state index contributed by atoms with van der Waals surface area (Å²) in [5.74, 6) is 0.495. The van der Waals surface area contributed by atoms with E-state index in [-0.39, 0.29) is 12.7 Å². The summed E-state index contributed by atoms with van der Waals surface area (Å²) in [6.07, 6.45) is 5.97. The van der Waals surface area contributed by atoms with Crippen molar-refractivity contribution < 1.29 is 23.0 Å². The average molecular weight is 478 g/mol. The molecule has 0 bridgehead atoms. The maximum atomic E-state index is 12.7. The van der Waals surface area contributed by atoms with Gasteiger partial charge in [0.25, 0.3) is 5.91 Å². The van der Waals surface area contributed by atoms with Crippen molar-refractivity contribution in [2.24, 2.45) is 0 Å². The average Bonchev–Trinajstić information content (AvgIpc) is 3.64. The molecule has 6 rings (SSSR count). The molecule has 1 saturated heterocycles. The predicted molar refractivity (Wildman–Crippen MR) is 127 cm³/mol. The molecule has 1 amide bonds. The van der Waals surface area contributed by atoms with Crippen LogP contribution in [0.4, 0.5) is 14.5 Å². The molecule has 1 N–H and O–H groups in total. The normalized spacial score (nSPS) is 14.1. The molecular weight excluding hydrogens is 454 g/mol. The third-order valence-electron chi connectivity index (χ3n) is 5.91. The van der Waals surface area contributed by atoms with Gasteiger partial charge in [-0.25, -0.2) is 13.3 Å². The Bertz CT molecular complexity index is 1310. The van der Waals surface area contributed by atoms with E-state index in [0.717, 1.165) is 59.9 Å². The van der Waals surface area contributed by atoms with Gasteiger partial charge in [-0.15, -0.1) is 0 Å². The standard InChI is InChI=1S/C20H20N4O3.C6H4F2/c25-20(21-11-14-3-4-18-19(9-14)27-13-26-18)16-12-22-24-8-5-15(10-17(16)24)23-6-1-2-7-23;7-5-1-2-6(8)4-3-5/h3-5,8-10,12H,1-2,6-7,11,13H2,(H,21,25);1-4H. The number of carbonyl (C=O) groups excluding carboxylic acids is 1. The van der Waals surface area contributed by atoms with Crippen molar-refractivity contribution >= 4 is 17.1 Å². The van der Waals surface area contributed by atoms with Gasteiger partial charge in [0.05, 0.1) is 17.3 Å². The Kier molecular flexibility index (Phi) is 6.47. The third kappa shape index (κ3) is 5.18. The van der Waals surface area contributed by atoms with E-state index >= 15 is 0 Å². The lowest BCUT2D eigenvalue weighted by atomic mass is 10.2. The van der Waals surface area contributed by atoms with Crippen LogP contribution in [0.25, 0.3) is 5.52 Å². The Hall–Kier alpha value is -4.14. The van der Waals surface area contributed by atoms with E-state index in [2.05, 4.69) is 21.4 Å². The quantitative estimate of drug-likeness (QED) is 0.466.